The number of fused-ring (bicyclic) bond motifs is 1. The first kappa shape index (κ1) is 18.6. The number of ether oxygens (including phenoxy) is 3. The molecule has 1 aromatic rings. The smallest absolute Gasteiger partial charge is 0.246 e. The minimum atomic E-state index is 0.0445. The van der Waals surface area contributed by atoms with E-state index in [0.29, 0.717) is 36.4 Å². The summed E-state index contributed by atoms with van der Waals surface area (Å²) in [5, 5.41) is 0. The lowest BCUT2D eigenvalue weighted by Gasteiger charge is -2.35. The molecule has 3 rings (SSSR count). The highest BCUT2D eigenvalue weighted by molar-refractivity contribution is 5.92. The first-order valence-corrected chi connectivity index (χ1v) is 9.24. The summed E-state index contributed by atoms with van der Waals surface area (Å²) in [4.78, 5) is 16.8. The van der Waals surface area contributed by atoms with E-state index in [1.54, 1.807) is 13.2 Å². The lowest BCUT2D eigenvalue weighted by molar-refractivity contribution is -0.127. The molecule has 1 aromatic carbocycles. The number of carbonyl (C=O) groups is 1. The van der Waals surface area contributed by atoms with Gasteiger partial charge in [-0.1, -0.05) is 13.8 Å². The number of carbonyl (C=O) groups excluding carboxylic acids is 1. The lowest BCUT2D eigenvalue weighted by atomic mass is 10.1. The Hall–Kier alpha value is -2.21. The topological polar surface area (TPSA) is 51.2 Å². The molecule has 1 amide bonds. The van der Waals surface area contributed by atoms with Gasteiger partial charge in [-0.3, -0.25) is 9.69 Å². The summed E-state index contributed by atoms with van der Waals surface area (Å²) in [6.45, 7) is 10.0. The van der Waals surface area contributed by atoms with Crippen molar-refractivity contribution in [3.05, 3.63) is 23.8 Å². The molecule has 2 heterocycles. The Balaban J connectivity index is 1.62. The van der Waals surface area contributed by atoms with Gasteiger partial charge in [0.2, 0.25) is 11.7 Å². The molecule has 1 saturated heterocycles. The minimum absolute atomic E-state index is 0.0445. The monoisotopic (exact) mass is 360 g/mol. The predicted molar refractivity (Wildman–Crippen MR) is 101 cm³/mol. The highest BCUT2D eigenvalue weighted by atomic mass is 16.6. The number of rotatable bonds is 5. The maximum atomic E-state index is 12.5. The molecule has 1 fully saturated rings. The Kier molecular flexibility index (Phi) is 6.04. The molecule has 0 aromatic heterocycles. The standard InChI is InChI=1S/C20H28N2O4/c1-15(2)14-21-6-8-22(9-7-21)19(23)5-4-16-12-17(24-3)20-18(13-16)25-10-11-26-20/h4-5,12-13,15H,6-11,14H2,1-3H3/b5-4+. The fraction of sp³-hybridized carbons (Fsp3) is 0.550. The van der Waals surface area contributed by atoms with Gasteiger partial charge in [0.1, 0.15) is 13.2 Å². The summed E-state index contributed by atoms with van der Waals surface area (Å²) in [6.07, 6.45) is 3.44. The Morgan fingerprint density at radius 1 is 1.19 bits per heavy atom. The van der Waals surface area contributed by atoms with Crippen molar-refractivity contribution in [3.63, 3.8) is 0 Å². The van der Waals surface area contributed by atoms with E-state index in [4.69, 9.17) is 14.2 Å². The summed E-state index contributed by atoms with van der Waals surface area (Å²) in [5.74, 6) is 2.61. The number of piperazine rings is 1. The highest BCUT2D eigenvalue weighted by Crippen LogP contribution is 2.40. The molecule has 0 radical (unpaired) electrons. The van der Waals surface area contributed by atoms with E-state index in [2.05, 4.69) is 18.7 Å². The van der Waals surface area contributed by atoms with Gasteiger partial charge < -0.3 is 19.1 Å². The van der Waals surface area contributed by atoms with Gasteiger partial charge >= 0.3 is 0 Å². The Morgan fingerprint density at radius 2 is 1.92 bits per heavy atom. The molecule has 2 aliphatic rings. The number of methoxy groups -OCH3 is 1. The predicted octanol–water partition coefficient (Wildman–Crippen LogP) is 2.28. The number of hydrogen-bond acceptors (Lipinski definition) is 5. The van der Waals surface area contributed by atoms with E-state index >= 15 is 0 Å². The van der Waals surface area contributed by atoms with Crippen LogP contribution in [0.25, 0.3) is 6.08 Å². The molecule has 0 spiro atoms. The van der Waals surface area contributed by atoms with E-state index in [0.717, 1.165) is 38.3 Å². The zero-order chi connectivity index (χ0) is 18.5. The van der Waals surface area contributed by atoms with Gasteiger partial charge in [0, 0.05) is 38.8 Å². The van der Waals surface area contributed by atoms with Crippen molar-refractivity contribution < 1.29 is 19.0 Å². The fourth-order valence-electron chi connectivity index (χ4n) is 3.33. The van der Waals surface area contributed by atoms with Crippen LogP contribution >= 0.6 is 0 Å². The fourth-order valence-corrected chi connectivity index (χ4v) is 3.33. The molecule has 0 unspecified atom stereocenters. The Bertz CT molecular complexity index is 647. The number of hydrogen-bond donors (Lipinski definition) is 0. The van der Waals surface area contributed by atoms with Crippen LogP contribution in [0.5, 0.6) is 17.2 Å². The van der Waals surface area contributed by atoms with E-state index in [1.807, 2.05) is 23.1 Å². The summed E-state index contributed by atoms with van der Waals surface area (Å²) in [5.41, 5.74) is 0.859. The van der Waals surface area contributed by atoms with Gasteiger partial charge in [-0.25, -0.2) is 0 Å². The van der Waals surface area contributed by atoms with Crippen molar-refractivity contribution in [1.82, 2.24) is 9.80 Å². The van der Waals surface area contributed by atoms with Crippen LogP contribution in [-0.4, -0.2) is 68.8 Å². The second kappa shape index (κ2) is 8.45. The van der Waals surface area contributed by atoms with Crippen LogP contribution in [0.15, 0.2) is 18.2 Å². The summed E-state index contributed by atoms with van der Waals surface area (Å²) < 4.78 is 16.6. The van der Waals surface area contributed by atoms with E-state index < -0.39 is 0 Å². The van der Waals surface area contributed by atoms with E-state index in [-0.39, 0.29) is 5.91 Å². The van der Waals surface area contributed by atoms with Crippen LogP contribution in [-0.2, 0) is 4.79 Å². The molecule has 0 aliphatic carbocycles. The lowest BCUT2D eigenvalue weighted by Crippen LogP contribution is -2.49. The Morgan fingerprint density at radius 3 is 2.62 bits per heavy atom. The van der Waals surface area contributed by atoms with Crippen LogP contribution in [0.3, 0.4) is 0 Å². The average molecular weight is 360 g/mol. The minimum Gasteiger partial charge on any atom is -0.493 e. The zero-order valence-corrected chi connectivity index (χ0v) is 15.9. The van der Waals surface area contributed by atoms with Gasteiger partial charge in [-0.05, 0) is 29.7 Å². The van der Waals surface area contributed by atoms with Crippen molar-refractivity contribution in [2.75, 3.05) is 53.0 Å². The van der Waals surface area contributed by atoms with Crippen LogP contribution in [0.4, 0.5) is 0 Å². The first-order chi connectivity index (χ1) is 12.6. The molecular weight excluding hydrogens is 332 g/mol. The van der Waals surface area contributed by atoms with Crippen molar-refractivity contribution in [3.8, 4) is 17.2 Å². The van der Waals surface area contributed by atoms with Gasteiger partial charge in [0.25, 0.3) is 0 Å². The third-order valence-electron chi connectivity index (χ3n) is 4.58. The molecule has 0 atom stereocenters. The van der Waals surface area contributed by atoms with Crippen LogP contribution in [0.1, 0.15) is 19.4 Å². The second-order valence-corrected chi connectivity index (χ2v) is 7.10. The van der Waals surface area contributed by atoms with Crippen LogP contribution < -0.4 is 14.2 Å². The highest BCUT2D eigenvalue weighted by Gasteiger charge is 2.21. The van der Waals surface area contributed by atoms with Crippen molar-refractivity contribution in [1.29, 1.82) is 0 Å². The Labute approximate surface area is 155 Å². The average Bonchev–Trinajstić information content (AvgIpc) is 2.65. The quantitative estimate of drug-likeness (QED) is 0.754. The zero-order valence-electron chi connectivity index (χ0n) is 15.9. The molecule has 0 saturated carbocycles. The molecule has 0 N–H and O–H groups in total. The van der Waals surface area contributed by atoms with E-state index in [9.17, 15) is 4.79 Å². The molecular formula is C20H28N2O4. The number of amides is 1. The normalized spacial score (nSPS) is 17.8. The van der Waals surface area contributed by atoms with Gasteiger partial charge in [0.15, 0.2) is 11.5 Å². The van der Waals surface area contributed by atoms with Crippen molar-refractivity contribution in [2.24, 2.45) is 5.92 Å². The molecule has 6 heteroatoms. The third-order valence-corrected chi connectivity index (χ3v) is 4.58. The van der Waals surface area contributed by atoms with Crippen molar-refractivity contribution in [2.45, 2.75) is 13.8 Å². The van der Waals surface area contributed by atoms with Gasteiger partial charge in [0.05, 0.1) is 7.11 Å². The van der Waals surface area contributed by atoms with Crippen LogP contribution in [0, 0.1) is 5.92 Å². The summed E-state index contributed by atoms with van der Waals surface area (Å²) in [7, 11) is 1.60. The maximum absolute atomic E-state index is 12.5. The number of benzene rings is 1. The second-order valence-electron chi connectivity index (χ2n) is 7.10. The molecule has 6 nitrogen and oxygen atoms in total. The maximum Gasteiger partial charge on any atom is 0.246 e. The molecule has 142 valence electrons. The van der Waals surface area contributed by atoms with Crippen molar-refractivity contribution >= 4 is 12.0 Å². The summed E-state index contributed by atoms with van der Waals surface area (Å²) >= 11 is 0. The first-order valence-electron chi connectivity index (χ1n) is 9.24. The summed E-state index contributed by atoms with van der Waals surface area (Å²) in [6, 6.07) is 3.74. The number of nitrogens with zero attached hydrogens (tertiary/aromatic N) is 2. The van der Waals surface area contributed by atoms with Gasteiger partial charge in [-0.2, -0.15) is 0 Å². The van der Waals surface area contributed by atoms with E-state index in [1.165, 1.54) is 0 Å². The largest absolute Gasteiger partial charge is 0.493 e. The van der Waals surface area contributed by atoms with Crippen LogP contribution in [0.2, 0.25) is 0 Å². The molecule has 0 bridgehead atoms. The molecule has 2 aliphatic heterocycles. The van der Waals surface area contributed by atoms with Gasteiger partial charge in [-0.15, -0.1) is 0 Å². The SMILES string of the molecule is COc1cc(/C=C/C(=O)N2CCN(CC(C)C)CC2)cc2c1OCCO2. The molecule has 26 heavy (non-hydrogen) atoms. The third kappa shape index (κ3) is 4.49.